The van der Waals surface area contributed by atoms with Gasteiger partial charge in [-0.25, -0.2) is 0 Å². The minimum atomic E-state index is 0.162. The van der Waals surface area contributed by atoms with E-state index in [-0.39, 0.29) is 5.41 Å². The molecule has 1 unspecified atom stereocenters. The third-order valence-corrected chi connectivity index (χ3v) is 5.36. The minimum absolute atomic E-state index is 0.162. The van der Waals surface area contributed by atoms with Crippen LogP contribution in [0.1, 0.15) is 38.5 Å². The van der Waals surface area contributed by atoms with Crippen LogP contribution in [0.4, 0.5) is 5.69 Å². The average molecular weight is 288 g/mol. The first-order valence-electron chi connectivity index (χ1n) is 8.46. The first-order valence-corrected chi connectivity index (χ1v) is 8.46. The maximum absolute atomic E-state index is 9.99. The maximum Gasteiger partial charge on any atom is 0.0488 e. The van der Waals surface area contributed by atoms with Gasteiger partial charge in [-0.1, -0.05) is 37.5 Å². The zero-order valence-electron chi connectivity index (χ0n) is 12.9. The number of hydrogen-bond donors (Lipinski definition) is 2. The first kappa shape index (κ1) is 14.9. The number of para-hydroxylation sites is 1. The van der Waals surface area contributed by atoms with Crippen LogP contribution >= 0.6 is 0 Å². The Morgan fingerprint density at radius 3 is 2.62 bits per heavy atom. The van der Waals surface area contributed by atoms with E-state index in [1.54, 1.807) is 0 Å². The van der Waals surface area contributed by atoms with Gasteiger partial charge in [-0.05, 0) is 36.8 Å². The molecule has 1 aliphatic heterocycles. The summed E-state index contributed by atoms with van der Waals surface area (Å²) >= 11 is 0. The molecule has 1 heterocycles. The van der Waals surface area contributed by atoms with Gasteiger partial charge in [0.2, 0.25) is 0 Å². The summed E-state index contributed by atoms with van der Waals surface area (Å²) in [7, 11) is 0. The van der Waals surface area contributed by atoms with Crippen molar-refractivity contribution < 1.29 is 5.11 Å². The van der Waals surface area contributed by atoms with Crippen molar-refractivity contribution in [2.45, 2.75) is 44.6 Å². The fourth-order valence-corrected chi connectivity index (χ4v) is 4.13. The van der Waals surface area contributed by atoms with E-state index < -0.39 is 0 Å². The standard InChI is InChI=1S/C18H28N2O/c21-15-18(9-5-2-6-10-18)13-17-14-19-11-12-20(17)16-7-3-1-4-8-16/h1,3-4,7-8,17,19,21H,2,5-6,9-15H2. The molecule has 1 aromatic rings. The molecule has 0 spiro atoms. The Labute approximate surface area is 128 Å². The lowest BCUT2D eigenvalue weighted by Gasteiger charge is -2.45. The van der Waals surface area contributed by atoms with Crippen LogP contribution in [-0.4, -0.2) is 37.4 Å². The Morgan fingerprint density at radius 2 is 1.90 bits per heavy atom. The number of nitrogens with one attached hydrogen (secondary N) is 1. The number of rotatable bonds is 4. The lowest BCUT2D eigenvalue weighted by molar-refractivity contribution is 0.0642. The van der Waals surface area contributed by atoms with Crippen molar-refractivity contribution in [3.8, 4) is 0 Å². The molecule has 0 radical (unpaired) electrons. The molecule has 1 saturated heterocycles. The van der Waals surface area contributed by atoms with Crippen molar-refractivity contribution in [2.24, 2.45) is 5.41 Å². The fraction of sp³-hybridized carbons (Fsp3) is 0.667. The van der Waals surface area contributed by atoms with Gasteiger partial charge in [0.15, 0.2) is 0 Å². The summed E-state index contributed by atoms with van der Waals surface area (Å²) in [6.45, 7) is 3.51. The van der Waals surface area contributed by atoms with E-state index in [4.69, 9.17) is 0 Å². The summed E-state index contributed by atoms with van der Waals surface area (Å²) < 4.78 is 0. The Bertz CT molecular complexity index is 428. The van der Waals surface area contributed by atoms with Gasteiger partial charge in [0.1, 0.15) is 0 Å². The average Bonchev–Trinajstić information content (AvgIpc) is 2.57. The highest BCUT2D eigenvalue weighted by molar-refractivity contribution is 5.47. The molecule has 21 heavy (non-hydrogen) atoms. The van der Waals surface area contributed by atoms with Crippen molar-refractivity contribution in [1.82, 2.24) is 5.32 Å². The van der Waals surface area contributed by atoms with E-state index in [2.05, 4.69) is 40.5 Å². The smallest absolute Gasteiger partial charge is 0.0488 e. The van der Waals surface area contributed by atoms with Crippen LogP contribution in [-0.2, 0) is 0 Å². The van der Waals surface area contributed by atoms with Gasteiger partial charge in [0.05, 0.1) is 0 Å². The molecule has 2 N–H and O–H groups in total. The van der Waals surface area contributed by atoms with Gasteiger partial charge in [-0.15, -0.1) is 0 Å². The molecule has 1 aromatic carbocycles. The quantitative estimate of drug-likeness (QED) is 0.894. The summed E-state index contributed by atoms with van der Waals surface area (Å²) in [6.07, 6.45) is 7.42. The molecule has 1 saturated carbocycles. The summed E-state index contributed by atoms with van der Waals surface area (Å²) in [5.74, 6) is 0. The summed E-state index contributed by atoms with van der Waals surface area (Å²) in [4.78, 5) is 2.54. The summed E-state index contributed by atoms with van der Waals surface area (Å²) in [5.41, 5.74) is 1.49. The van der Waals surface area contributed by atoms with Gasteiger partial charge in [-0.3, -0.25) is 0 Å². The first-order chi connectivity index (χ1) is 10.3. The van der Waals surface area contributed by atoms with E-state index in [9.17, 15) is 5.11 Å². The largest absolute Gasteiger partial charge is 0.396 e. The van der Waals surface area contributed by atoms with Crippen molar-refractivity contribution in [2.75, 3.05) is 31.1 Å². The Morgan fingerprint density at radius 1 is 1.14 bits per heavy atom. The maximum atomic E-state index is 9.99. The molecule has 0 aromatic heterocycles. The summed E-state index contributed by atoms with van der Waals surface area (Å²) in [5, 5.41) is 13.5. The molecule has 0 bridgehead atoms. The van der Waals surface area contributed by atoms with E-state index in [0.717, 1.165) is 26.1 Å². The van der Waals surface area contributed by atoms with Crippen LogP contribution in [0.15, 0.2) is 30.3 Å². The number of aliphatic hydroxyl groups is 1. The van der Waals surface area contributed by atoms with E-state index in [1.807, 2.05) is 0 Å². The van der Waals surface area contributed by atoms with Gasteiger partial charge >= 0.3 is 0 Å². The van der Waals surface area contributed by atoms with Crippen LogP contribution in [0.3, 0.4) is 0 Å². The molecule has 0 amide bonds. The van der Waals surface area contributed by atoms with Gasteiger partial charge < -0.3 is 15.3 Å². The van der Waals surface area contributed by atoms with Crippen molar-refractivity contribution in [1.29, 1.82) is 0 Å². The zero-order chi connectivity index (χ0) is 14.5. The van der Waals surface area contributed by atoms with E-state index >= 15 is 0 Å². The topological polar surface area (TPSA) is 35.5 Å². The van der Waals surface area contributed by atoms with E-state index in [0.29, 0.717) is 12.6 Å². The number of hydrogen-bond acceptors (Lipinski definition) is 3. The molecule has 2 fully saturated rings. The van der Waals surface area contributed by atoms with Crippen LogP contribution < -0.4 is 10.2 Å². The number of benzene rings is 1. The minimum Gasteiger partial charge on any atom is -0.396 e. The number of nitrogens with zero attached hydrogens (tertiary/aromatic N) is 1. The lowest BCUT2D eigenvalue weighted by Crippen LogP contribution is -2.54. The zero-order valence-corrected chi connectivity index (χ0v) is 12.9. The second-order valence-corrected chi connectivity index (χ2v) is 6.81. The van der Waals surface area contributed by atoms with Crippen LogP contribution in [0.5, 0.6) is 0 Å². The molecule has 3 nitrogen and oxygen atoms in total. The molecule has 3 rings (SSSR count). The molecule has 116 valence electrons. The molecular weight excluding hydrogens is 260 g/mol. The number of aliphatic hydroxyl groups excluding tert-OH is 1. The molecule has 1 atom stereocenters. The monoisotopic (exact) mass is 288 g/mol. The molecular formula is C18H28N2O. The Balaban J connectivity index is 1.75. The highest BCUT2D eigenvalue weighted by atomic mass is 16.3. The highest BCUT2D eigenvalue weighted by Crippen LogP contribution is 2.41. The Hall–Kier alpha value is -1.06. The third-order valence-electron chi connectivity index (χ3n) is 5.36. The van der Waals surface area contributed by atoms with Gasteiger partial charge in [0, 0.05) is 38.0 Å². The second kappa shape index (κ2) is 6.80. The van der Waals surface area contributed by atoms with E-state index in [1.165, 1.54) is 37.8 Å². The number of piperazine rings is 1. The molecule has 1 aliphatic carbocycles. The van der Waals surface area contributed by atoms with Crippen molar-refractivity contribution in [3.05, 3.63) is 30.3 Å². The lowest BCUT2D eigenvalue weighted by atomic mass is 9.70. The molecule has 3 heteroatoms. The van der Waals surface area contributed by atoms with Crippen molar-refractivity contribution in [3.63, 3.8) is 0 Å². The third kappa shape index (κ3) is 3.41. The van der Waals surface area contributed by atoms with Crippen LogP contribution in [0.2, 0.25) is 0 Å². The SMILES string of the molecule is OCC1(CC2CNCCN2c2ccccc2)CCCCC1. The Kier molecular flexibility index (Phi) is 4.81. The second-order valence-electron chi connectivity index (χ2n) is 6.81. The molecule has 2 aliphatic rings. The van der Waals surface area contributed by atoms with Gasteiger partial charge in [0.25, 0.3) is 0 Å². The summed E-state index contributed by atoms with van der Waals surface area (Å²) in [6, 6.07) is 11.3. The van der Waals surface area contributed by atoms with Crippen LogP contribution in [0, 0.1) is 5.41 Å². The predicted molar refractivity (Wildman–Crippen MR) is 87.7 cm³/mol. The normalized spacial score (nSPS) is 25.8. The highest BCUT2D eigenvalue weighted by Gasteiger charge is 2.36. The van der Waals surface area contributed by atoms with Gasteiger partial charge in [-0.2, -0.15) is 0 Å². The van der Waals surface area contributed by atoms with Crippen molar-refractivity contribution >= 4 is 5.69 Å². The number of anilines is 1. The predicted octanol–water partition coefficient (Wildman–Crippen LogP) is 2.80. The fourth-order valence-electron chi connectivity index (χ4n) is 4.13. The van der Waals surface area contributed by atoms with Crippen LogP contribution in [0.25, 0.3) is 0 Å².